The van der Waals surface area contributed by atoms with Gasteiger partial charge in [0.05, 0.1) is 38.1 Å². The van der Waals surface area contributed by atoms with Gasteiger partial charge in [0.15, 0.2) is 6.29 Å². The number of aliphatic hydroxyl groups is 5. The number of aliphatic carboxylic acids is 1. The standard InChI is InChI=1S/C24H30O13/c25-7-5-14-15(9-18(28)34-8-6-12-1-3-13(27)4-2-12)16(22(32)33)11-35-23(14)37-24-21(31)20(30)19(29)17(10-26)36-24/h1-5,11,15,17,19-21,23-27,29-31H,6-10H2,(H,32,33)/b14-5-/t15-,17+,19+,20-,21+,23-,24-/m0/s1. The summed E-state index contributed by atoms with van der Waals surface area (Å²) in [5.74, 6) is -3.18. The van der Waals surface area contributed by atoms with Gasteiger partial charge in [-0.25, -0.2) is 4.79 Å². The Morgan fingerprint density at radius 1 is 1.03 bits per heavy atom. The highest BCUT2D eigenvalue weighted by Crippen LogP contribution is 2.35. The summed E-state index contributed by atoms with van der Waals surface area (Å²) in [5.41, 5.74) is 0.510. The number of esters is 1. The molecule has 204 valence electrons. The summed E-state index contributed by atoms with van der Waals surface area (Å²) in [5, 5.41) is 68.1. The predicted molar refractivity (Wildman–Crippen MR) is 121 cm³/mol. The molecule has 0 spiro atoms. The smallest absolute Gasteiger partial charge is 0.335 e. The number of carbonyl (C=O) groups is 2. The van der Waals surface area contributed by atoms with E-state index in [1.54, 1.807) is 12.1 Å². The van der Waals surface area contributed by atoms with Crippen LogP contribution in [0.15, 0.2) is 47.7 Å². The molecule has 7 atom stereocenters. The lowest BCUT2D eigenvalue weighted by Gasteiger charge is -2.41. The van der Waals surface area contributed by atoms with Crippen molar-refractivity contribution in [2.24, 2.45) is 5.92 Å². The topological polar surface area (TPSA) is 213 Å². The van der Waals surface area contributed by atoms with Gasteiger partial charge in [-0.05, 0) is 17.7 Å². The van der Waals surface area contributed by atoms with Crippen molar-refractivity contribution in [3.05, 3.63) is 53.3 Å². The fourth-order valence-corrected chi connectivity index (χ4v) is 3.99. The summed E-state index contributed by atoms with van der Waals surface area (Å²) >= 11 is 0. The van der Waals surface area contributed by atoms with Crippen molar-refractivity contribution >= 4 is 11.9 Å². The Hall–Kier alpha value is -3.04. The number of carbonyl (C=O) groups excluding carboxylic acids is 1. The van der Waals surface area contributed by atoms with Crippen LogP contribution >= 0.6 is 0 Å². The second kappa shape index (κ2) is 13.0. The van der Waals surface area contributed by atoms with Gasteiger partial charge in [-0.15, -0.1) is 0 Å². The molecule has 7 N–H and O–H groups in total. The van der Waals surface area contributed by atoms with Crippen LogP contribution in [0.25, 0.3) is 0 Å². The molecule has 1 fully saturated rings. The first-order chi connectivity index (χ1) is 17.7. The van der Waals surface area contributed by atoms with Crippen LogP contribution in [0, 0.1) is 5.92 Å². The fourth-order valence-electron chi connectivity index (χ4n) is 3.99. The third-order valence-corrected chi connectivity index (χ3v) is 6.01. The first-order valence-electron chi connectivity index (χ1n) is 11.4. The van der Waals surface area contributed by atoms with Crippen molar-refractivity contribution in [1.29, 1.82) is 0 Å². The number of carboxylic acid groups (broad SMARTS) is 1. The Balaban J connectivity index is 1.72. The second-order valence-electron chi connectivity index (χ2n) is 8.46. The van der Waals surface area contributed by atoms with Gasteiger partial charge >= 0.3 is 11.9 Å². The lowest BCUT2D eigenvalue weighted by Crippen LogP contribution is -2.60. The minimum Gasteiger partial charge on any atom is -0.508 e. The van der Waals surface area contributed by atoms with Crippen LogP contribution in [0.1, 0.15) is 12.0 Å². The minimum absolute atomic E-state index is 0.0111. The number of ether oxygens (including phenoxy) is 4. The Morgan fingerprint density at radius 2 is 1.73 bits per heavy atom. The molecule has 2 aliphatic heterocycles. The Labute approximate surface area is 211 Å². The third kappa shape index (κ3) is 7.05. The Morgan fingerprint density at radius 3 is 2.35 bits per heavy atom. The van der Waals surface area contributed by atoms with Crippen molar-refractivity contribution < 1.29 is 64.3 Å². The molecule has 0 amide bonds. The van der Waals surface area contributed by atoms with E-state index in [1.165, 1.54) is 18.2 Å². The van der Waals surface area contributed by atoms with Gasteiger partial charge < -0.3 is 54.7 Å². The number of hydrogen-bond donors (Lipinski definition) is 7. The van der Waals surface area contributed by atoms with Crippen molar-refractivity contribution in [1.82, 2.24) is 0 Å². The van der Waals surface area contributed by atoms with Crippen molar-refractivity contribution in [3.63, 3.8) is 0 Å². The monoisotopic (exact) mass is 526 g/mol. The summed E-state index contributed by atoms with van der Waals surface area (Å²) in [6, 6.07) is 6.31. The Kier molecular flexibility index (Phi) is 10.00. The molecule has 1 aromatic rings. The second-order valence-corrected chi connectivity index (χ2v) is 8.46. The van der Waals surface area contributed by atoms with Crippen molar-refractivity contribution in [2.45, 2.75) is 49.8 Å². The molecular weight excluding hydrogens is 496 g/mol. The zero-order valence-electron chi connectivity index (χ0n) is 19.6. The molecule has 0 saturated carbocycles. The third-order valence-electron chi connectivity index (χ3n) is 6.01. The van der Waals surface area contributed by atoms with Gasteiger partial charge in [0.1, 0.15) is 30.2 Å². The van der Waals surface area contributed by atoms with Gasteiger partial charge in [0.25, 0.3) is 0 Å². The van der Waals surface area contributed by atoms with Crippen LogP contribution in [0.4, 0.5) is 0 Å². The Bertz CT molecular complexity index is 987. The molecule has 1 saturated heterocycles. The van der Waals surface area contributed by atoms with Crippen LogP contribution < -0.4 is 0 Å². The minimum atomic E-state index is -1.76. The lowest BCUT2D eigenvalue weighted by atomic mass is 9.86. The number of benzene rings is 1. The van der Waals surface area contributed by atoms with Crippen molar-refractivity contribution in [3.8, 4) is 5.75 Å². The van der Waals surface area contributed by atoms with Crippen molar-refractivity contribution in [2.75, 3.05) is 19.8 Å². The predicted octanol–water partition coefficient (Wildman–Crippen LogP) is -1.46. The lowest BCUT2D eigenvalue weighted by molar-refractivity contribution is -0.327. The first-order valence-corrected chi connectivity index (χ1v) is 11.4. The molecule has 2 aliphatic rings. The van der Waals surface area contributed by atoms with E-state index in [2.05, 4.69) is 0 Å². The summed E-state index contributed by atoms with van der Waals surface area (Å²) in [6.07, 6.45) is -7.49. The fraction of sp³-hybridized carbons (Fsp3) is 0.500. The first kappa shape index (κ1) is 28.5. The van der Waals surface area contributed by atoms with Crippen LogP contribution in [0.2, 0.25) is 0 Å². The molecule has 1 aromatic carbocycles. The molecule has 2 heterocycles. The average molecular weight is 526 g/mol. The van der Waals surface area contributed by atoms with Crippen LogP contribution in [-0.2, 0) is 35.0 Å². The van der Waals surface area contributed by atoms with E-state index < -0.39 is 74.5 Å². The summed E-state index contributed by atoms with van der Waals surface area (Å²) in [7, 11) is 0. The molecular formula is C24H30O13. The molecule has 37 heavy (non-hydrogen) atoms. The number of aliphatic hydroxyl groups excluding tert-OH is 5. The highest BCUT2D eigenvalue weighted by molar-refractivity contribution is 5.89. The summed E-state index contributed by atoms with van der Waals surface area (Å²) in [4.78, 5) is 24.4. The molecule has 0 aliphatic carbocycles. The quantitative estimate of drug-likeness (QED) is 0.137. The maximum Gasteiger partial charge on any atom is 0.335 e. The van der Waals surface area contributed by atoms with Crippen LogP contribution in [0.5, 0.6) is 5.75 Å². The van der Waals surface area contributed by atoms with Gasteiger partial charge in [0, 0.05) is 17.9 Å². The maximum atomic E-state index is 12.6. The number of carboxylic acids is 1. The molecule has 13 nitrogen and oxygen atoms in total. The summed E-state index contributed by atoms with van der Waals surface area (Å²) in [6.45, 7) is -1.29. The molecule has 0 bridgehead atoms. The normalized spacial score (nSPS) is 30.9. The van der Waals surface area contributed by atoms with E-state index in [9.17, 15) is 45.3 Å². The maximum absolute atomic E-state index is 12.6. The highest BCUT2D eigenvalue weighted by atomic mass is 16.8. The molecule has 3 rings (SSSR count). The van der Waals surface area contributed by atoms with Gasteiger partial charge in [-0.3, -0.25) is 4.79 Å². The van der Waals surface area contributed by atoms with Gasteiger partial charge in [-0.1, -0.05) is 18.2 Å². The average Bonchev–Trinajstić information content (AvgIpc) is 2.87. The molecule has 13 heteroatoms. The summed E-state index contributed by atoms with van der Waals surface area (Å²) < 4.78 is 21.5. The number of phenols is 1. The van der Waals surface area contributed by atoms with E-state index in [4.69, 9.17) is 18.9 Å². The molecule has 0 aromatic heterocycles. The zero-order valence-corrected chi connectivity index (χ0v) is 19.6. The SMILES string of the molecule is O=C(C[C@@H]1C(C(=O)O)=CO[C@@H](O[C@@H]2O[C@H](CO)[C@@H](O)[C@H](O)[C@H]2O)/C1=C\CO)OCCc1ccc(O)cc1. The van der Waals surface area contributed by atoms with E-state index in [0.29, 0.717) is 6.42 Å². The van der Waals surface area contributed by atoms with Gasteiger partial charge in [-0.2, -0.15) is 0 Å². The van der Waals surface area contributed by atoms with Crippen LogP contribution in [0.3, 0.4) is 0 Å². The van der Waals surface area contributed by atoms with Crippen LogP contribution in [-0.4, -0.2) is 105 Å². The van der Waals surface area contributed by atoms with Gasteiger partial charge in [0.2, 0.25) is 6.29 Å². The number of rotatable bonds is 10. The number of hydrogen-bond acceptors (Lipinski definition) is 12. The molecule has 0 radical (unpaired) electrons. The zero-order chi connectivity index (χ0) is 27.1. The molecule has 0 unspecified atom stereocenters. The van der Waals surface area contributed by atoms with E-state index >= 15 is 0 Å². The number of phenolic OH excluding ortho intramolecular Hbond substituents is 1. The van der Waals surface area contributed by atoms with E-state index in [1.807, 2.05) is 0 Å². The number of aromatic hydroxyl groups is 1. The highest BCUT2D eigenvalue weighted by Gasteiger charge is 2.46. The van der Waals surface area contributed by atoms with E-state index in [-0.39, 0.29) is 23.5 Å². The largest absolute Gasteiger partial charge is 0.508 e. The van der Waals surface area contributed by atoms with E-state index in [0.717, 1.165) is 11.8 Å².